The molecular weight excluding hydrogens is 194 g/mol. The third-order valence-corrected chi connectivity index (χ3v) is 2.17. The van der Waals surface area contributed by atoms with E-state index in [1.807, 2.05) is 0 Å². The van der Waals surface area contributed by atoms with Crippen LogP contribution in [0.4, 0.5) is 0 Å². The van der Waals surface area contributed by atoms with Gasteiger partial charge >= 0.3 is 5.97 Å². The van der Waals surface area contributed by atoms with Crippen molar-refractivity contribution in [3.05, 3.63) is 11.6 Å². The Morgan fingerprint density at radius 3 is 2.38 bits per heavy atom. The molecule has 1 fully saturated rings. The molecule has 4 nitrogen and oxygen atoms in total. The van der Waals surface area contributed by atoms with E-state index in [1.54, 1.807) is 0 Å². The van der Waals surface area contributed by atoms with Gasteiger partial charge in [-0.15, -0.1) is 0 Å². The van der Waals surface area contributed by atoms with Gasteiger partial charge in [0.1, 0.15) is 5.41 Å². The van der Waals surface area contributed by atoms with Crippen LogP contribution >= 0.6 is 11.6 Å². The molecular formula is C8H10ClNO3. The van der Waals surface area contributed by atoms with Crippen molar-refractivity contribution in [1.29, 1.82) is 0 Å². The summed E-state index contributed by atoms with van der Waals surface area (Å²) in [7, 11) is 0. The molecule has 1 aliphatic rings. The standard InChI is InChI=1S/C8H10ClNO3/c1-5(9)4-10-6(11)8(2-3-8)7(12)13/h1-4H2,(H,10,11)(H,12,13). The van der Waals surface area contributed by atoms with Gasteiger partial charge in [0, 0.05) is 5.03 Å². The Kier molecular flexibility index (Phi) is 2.61. The van der Waals surface area contributed by atoms with Crippen LogP contribution in [-0.4, -0.2) is 23.5 Å². The second-order valence-corrected chi connectivity index (χ2v) is 3.62. The van der Waals surface area contributed by atoms with Crippen LogP contribution in [0, 0.1) is 5.41 Å². The van der Waals surface area contributed by atoms with Crippen molar-refractivity contribution >= 4 is 23.5 Å². The normalized spacial score (nSPS) is 17.6. The van der Waals surface area contributed by atoms with Crippen LogP contribution in [0.3, 0.4) is 0 Å². The number of amides is 1. The van der Waals surface area contributed by atoms with Gasteiger partial charge in [-0.2, -0.15) is 0 Å². The summed E-state index contributed by atoms with van der Waals surface area (Å²) in [5, 5.41) is 11.4. The Labute approximate surface area is 80.6 Å². The third-order valence-electron chi connectivity index (χ3n) is 2.03. The lowest BCUT2D eigenvalue weighted by Crippen LogP contribution is -2.37. The molecule has 0 aromatic heterocycles. The van der Waals surface area contributed by atoms with Crippen molar-refractivity contribution in [1.82, 2.24) is 5.32 Å². The van der Waals surface area contributed by atoms with E-state index < -0.39 is 17.3 Å². The SMILES string of the molecule is C=C(Cl)CNC(=O)C1(C(=O)O)CC1. The summed E-state index contributed by atoms with van der Waals surface area (Å²) in [5.74, 6) is -1.54. The molecule has 2 N–H and O–H groups in total. The number of halogens is 1. The van der Waals surface area contributed by atoms with Gasteiger partial charge in [0.25, 0.3) is 0 Å². The van der Waals surface area contributed by atoms with Gasteiger partial charge in [-0.3, -0.25) is 9.59 Å². The summed E-state index contributed by atoms with van der Waals surface area (Å²) in [4.78, 5) is 21.9. The predicted molar refractivity (Wildman–Crippen MR) is 47.3 cm³/mol. The van der Waals surface area contributed by atoms with Gasteiger partial charge in [0.2, 0.25) is 5.91 Å². The minimum Gasteiger partial charge on any atom is -0.480 e. The second-order valence-electron chi connectivity index (χ2n) is 3.09. The molecule has 0 spiro atoms. The summed E-state index contributed by atoms with van der Waals surface area (Å²) in [6.45, 7) is 3.50. The van der Waals surface area contributed by atoms with Crippen LogP contribution < -0.4 is 5.32 Å². The lowest BCUT2D eigenvalue weighted by molar-refractivity contribution is -0.148. The predicted octanol–water partition coefficient (Wildman–Crippen LogP) is 0.720. The lowest BCUT2D eigenvalue weighted by atomic mass is 10.1. The smallest absolute Gasteiger partial charge is 0.319 e. The van der Waals surface area contributed by atoms with Gasteiger partial charge in [0.05, 0.1) is 6.54 Å². The van der Waals surface area contributed by atoms with Crippen LogP contribution in [0.1, 0.15) is 12.8 Å². The Morgan fingerprint density at radius 1 is 1.54 bits per heavy atom. The topological polar surface area (TPSA) is 66.4 Å². The Balaban J connectivity index is 2.49. The van der Waals surface area contributed by atoms with E-state index in [-0.39, 0.29) is 11.6 Å². The number of carboxylic acids is 1. The molecule has 0 radical (unpaired) electrons. The van der Waals surface area contributed by atoms with E-state index >= 15 is 0 Å². The first kappa shape index (κ1) is 10.1. The Hall–Kier alpha value is -1.03. The number of aliphatic carboxylic acids is 1. The Bertz CT molecular complexity index is 271. The van der Waals surface area contributed by atoms with E-state index in [0.717, 1.165) is 0 Å². The van der Waals surface area contributed by atoms with Gasteiger partial charge in [-0.1, -0.05) is 18.2 Å². The molecule has 0 aromatic rings. The molecule has 1 rings (SSSR count). The maximum Gasteiger partial charge on any atom is 0.319 e. The molecule has 5 heteroatoms. The monoisotopic (exact) mass is 203 g/mol. The van der Waals surface area contributed by atoms with Crippen molar-refractivity contribution in [3.63, 3.8) is 0 Å². The van der Waals surface area contributed by atoms with Gasteiger partial charge in [-0.05, 0) is 12.8 Å². The minimum atomic E-state index is -1.19. The van der Waals surface area contributed by atoms with Crippen LogP contribution in [0.2, 0.25) is 0 Å². The van der Waals surface area contributed by atoms with Crippen LogP contribution in [0.25, 0.3) is 0 Å². The summed E-state index contributed by atoms with van der Waals surface area (Å²) in [5.41, 5.74) is -1.19. The number of carbonyl (C=O) groups excluding carboxylic acids is 1. The van der Waals surface area contributed by atoms with Crippen LogP contribution in [-0.2, 0) is 9.59 Å². The highest BCUT2D eigenvalue weighted by molar-refractivity contribution is 6.29. The average molecular weight is 204 g/mol. The largest absolute Gasteiger partial charge is 0.480 e. The zero-order chi connectivity index (χ0) is 10.1. The van der Waals surface area contributed by atoms with Crippen LogP contribution in [0.15, 0.2) is 11.6 Å². The molecule has 0 heterocycles. The number of hydrogen-bond acceptors (Lipinski definition) is 2. The van der Waals surface area contributed by atoms with Crippen molar-refractivity contribution in [2.24, 2.45) is 5.41 Å². The van der Waals surface area contributed by atoms with Gasteiger partial charge < -0.3 is 10.4 Å². The summed E-state index contributed by atoms with van der Waals surface area (Å²) in [6, 6.07) is 0. The van der Waals surface area contributed by atoms with Gasteiger partial charge in [-0.25, -0.2) is 0 Å². The molecule has 0 atom stereocenters. The third kappa shape index (κ3) is 2.01. The first-order chi connectivity index (χ1) is 5.99. The summed E-state index contributed by atoms with van der Waals surface area (Å²) < 4.78 is 0. The fourth-order valence-electron chi connectivity index (χ4n) is 1.01. The second kappa shape index (κ2) is 3.38. The average Bonchev–Trinajstić information content (AvgIpc) is 2.79. The number of hydrogen-bond donors (Lipinski definition) is 2. The van der Waals surface area contributed by atoms with Crippen molar-refractivity contribution < 1.29 is 14.7 Å². The number of rotatable bonds is 4. The minimum absolute atomic E-state index is 0.120. The molecule has 0 unspecified atom stereocenters. The molecule has 0 bridgehead atoms. The van der Waals surface area contributed by atoms with E-state index in [0.29, 0.717) is 12.8 Å². The molecule has 72 valence electrons. The van der Waals surface area contributed by atoms with E-state index in [2.05, 4.69) is 11.9 Å². The highest BCUT2D eigenvalue weighted by Gasteiger charge is 2.56. The fraction of sp³-hybridized carbons (Fsp3) is 0.500. The molecule has 1 amide bonds. The summed E-state index contributed by atoms with van der Waals surface area (Å²) in [6.07, 6.45) is 0.811. The van der Waals surface area contributed by atoms with E-state index in [1.165, 1.54) is 0 Å². The van der Waals surface area contributed by atoms with Crippen molar-refractivity contribution in [3.8, 4) is 0 Å². The highest BCUT2D eigenvalue weighted by Crippen LogP contribution is 2.46. The zero-order valence-corrected chi connectivity index (χ0v) is 7.73. The number of nitrogens with one attached hydrogen (secondary N) is 1. The van der Waals surface area contributed by atoms with E-state index in [9.17, 15) is 9.59 Å². The molecule has 0 saturated heterocycles. The Morgan fingerprint density at radius 2 is 2.08 bits per heavy atom. The molecule has 0 aromatic carbocycles. The zero-order valence-electron chi connectivity index (χ0n) is 6.97. The molecule has 1 aliphatic carbocycles. The fourth-order valence-corrected chi connectivity index (χ4v) is 1.08. The number of carboxylic acid groups (broad SMARTS) is 1. The maximum absolute atomic E-state index is 11.3. The number of carbonyl (C=O) groups is 2. The quantitative estimate of drug-likeness (QED) is 0.662. The molecule has 0 aliphatic heterocycles. The molecule has 13 heavy (non-hydrogen) atoms. The van der Waals surface area contributed by atoms with Crippen molar-refractivity contribution in [2.45, 2.75) is 12.8 Å². The van der Waals surface area contributed by atoms with E-state index in [4.69, 9.17) is 16.7 Å². The molecule has 1 saturated carbocycles. The maximum atomic E-state index is 11.3. The first-order valence-corrected chi connectivity index (χ1v) is 4.22. The first-order valence-electron chi connectivity index (χ1n) is 3.84. The van der Waals surface area contributed by atoms with Crippen LogP contribution in [0.5, 0.6) is 0 Å². The highest BCUT2D eigenvalue weighted by atomic mass is 35.5. The van der Waals surface area contributed by atoms with Crippen molar-refractivity contribution in [2.75, 3.05) is 6.54 Å². The van der Waals surface area contributed by atoms with Gasteiger partial charge in [0.15, 0.2) is 0 Å². The lowest BCUT2D eigenvalue weighted by Gasteiger charge is -2.09. The summed E-state index contributed by atoms with van der Waals surface area (Å²) >= 11 is 5.42.